The molecule has 0 amide bonds. The van der Waals surface area contributed by atoms with Crippen LogP contribution in [0.4, 0.5) is 0 Å². The largest absolute Gasteiger partial charge is 0.453 e. The molecule has 2 aromatic carbocycles. The first-order valence-electron chi connectivity index (χ1n) is 6.73. The highest BCUT2D eigenvalue weighted by Crippen LogP contribution is 2.41. The summed E-state index contributed by atoms with van der Waals surface area (Å²) < 4.78 is 5.67. The molecule has 20 heavy (non-hydrogen) atoms. The number of hydrogen-bond acceptors (Lipinski definition) is 2. The van der Waals surface area contributed by atoms with Crippen LogP contribution in [0.5, 0.6) is 0 Å². The van der Waals surface area contributed by atoms with Gasteiger partial charge >= 0.3 is 5.97 Å². The fourth-order valence-corrected chi connectivity index (χ4v) is 2.81. The Labute approximate surface area is 118 Å². The number of carbonyl (C=O) groups excluding carboxylic acids is 1. The van der Waals surface area contributed by atoms with Gasteiger partial charge < -0.3 is 4.74 Å². The van der Waals surface area contributed by atoms with E-state index in [1.54, 1.807) is 6.08 Å². The topological polar surface area (TPSA) is 26.3 Å². The third-order valence-electron chi connectivity index (χ3n) is 3.88. The molecule has 0 aromatic heterocycles. The molecule has 2 atom stereocenters. The average Bonchev–Trinajstić information content (AvgIpc) is 2.51. The van der Waals surface area contributed by atoms with Crippen molar-refractivity contribution in [2.75, 3.05) is 0 Å². The van der Waals surface area contributed by atoms with E-state index in [9.17, 15) is 4.79 Å². The highest BCUT2D eigenvalue weighted by molar-refractivity contribution is 5.92. The lowest BCUT2D eigenvalue weighted by Gasteiger charge is -2.31. The second-order valence-electron chi connectivity index (χ2n) is 5.03. The van der Waals surface area contributed by atoms with Crippen LogP contribution in [-0.2, 0) is 4.74 Å². The Morgan fingerprint density at radius 2 is 1.70 bits per heavy atom. The summed E-state index contributed by atoms with van der Waals surface area (Å²) in [4.78, 5) is 12.2. The molecule has 0 bridgehead atoms. The van der Waals surface area contributed by atoms with Gasteiger partial charge in [-0.25, -0.2) is 4.79 Å². The van der Waals surface area contributed by atoms with Gasteiger partial charge in [0.05, 0.1) is 5.56 Å². The van der Waals surface area contributed by atoms with Crippen LogP contribution >= 0.6 is 0 Å². The van der Waals surface area contributed by atoms with Gasteiger partial charge in [0.25, 0.3) is 0 Å². The zero-order valence-corrected chi connectivity index (χ0v) is 11.4. The van der Waals surface area contributed by atoms with E-state index in [1.807, 2.05) is 48.5 Å². The molecule has 2 heteroatoms. The van der Waals surface area contributed by atoms with Crippen LogP contribution in [0.3, 0.4) is 0 Å². The van der Waals surface area contributed by atoms with Gasteiger partial charge in [-0.1, -0.05) is 62.0 Å². The Kier molecular flexibility index (Phi) is 3.15. The number of hydrogen-bond donors (Lipinski definition) is 0. The first-order chi connectivity index (χ1) is 9.72. The van der Waals surface area contributed by atoms with Crippen molar-refractivity contribution in [3.63, 3.8) is 0 Å². The van der Waals surface area contributed by atoms with Gasteiger partial charge in [0, 0.05) is 11.5 Å². The molecule has 0 spiro atoms. The summed E-state index contributed by atoms with van der Waals surface area (Å²) in [5, 5.41) is 0. The van der Waals surface area contributed by atoms with Crippen LogP contribution in [0.15, 0.2) is 55.1 Å². The van der Waals surface area contributed by atoms with Gasteiger partial charge in [-0.2, -0.15) is 0 Å². The maximum absolute atomic E-state index is 12.2. The number of cyclic esters (lactones) is 1. The lowest BCUT2D eigenvalue weighted by molar-refractivity contribution is 0.0184. The first-order valence-corrected chi connectivity index (χ1v) is 6.73. The van der Waals surface area contributed by atoms with Gasteiger partial charge in [0.2, 0.25) is 0 Å². The number of fused-ring (bicyclic) bond motifs is 1. The molecule has 0 saturated heterocycles. The van der Waals surface area contributed by atoms with E-state index in [-0.39, 0.29) is 18.0 Å². The summed E-state index contributed by atoms with van der Waals surface area (Å²) in [5.74, 6) is -0.118. The first kappa shape index (κ1) is 12.7. The fraction of sp³-hybridized carbons (Fsp3) is 0.167. The molecule has 0 fully saturated rings. The van der Waals surface area contributed by atoms with Crippen LogP contribution < -0.4 is 0 Å². The molecule has 0 N–H and O–H groups in total. The van der Waals surface area contributed by atoms with Crippen molar-refractivity contribution in [1.29, 1.82) is 0 Å². The molecule has 0 saturated carbocycles. The predicted octanol–water partition coefficient (Wildman–Crippen LogP) is 4.34. The molecule has 0 radical (unpaired) electrons. The summed E-state index contributed by atoms with van der Waals surface area (Å²) in [7, 11) is 0. The smallest absolute Gasteiger partial charge is 0.339 e. The van der Waals surface area contributed by atoms with E-state index >= 15 is 0 Å². The third kappa shape index (κ3) is 1.94. The standard InChI is InChI=1S/C18H16O2/c1-3-13-8-4-5-10-15(13)17-12(2)14-9-6-7-11-16(14)18(19)20-17/h3-12,17H,1H2,2H3. The van der Waals surface area contributed by atoms with E-state index < -0.39 is 0 Å². The average molecular weight is 264 g/mol. The van der Waals surface area contributed by atoms with Gasteiger partial charge in [0.15, 0.2) is 0 Å². The normalized spacial score (nSPS) is 20.9. The molecular weight excluding hydrogens is 248 g/mol. The van der Waals surface area contributed by atoms with Crippen LogP contribution in [0.2, 0.25) is 0 Å². The van der Waals surface area contributed by atoms with E-state index in [4.69, 9.17) is 4.74 Å². The lowest BCUT2D eigenvalue weighted by Crippen LogP contribution is -2.25. The lowest BCUT2D eigenvalue weighted by atomic mass is 9.84. The Hall–Kier alpha value is -2.35. The second-order valence-corrected chi connectivity index (χ2v) is 5.03. The minimum absolute atomic E-state index is 0.130. The van der Waals surface area contributed by atoms with E-state index in [1.165, 1.54) is 0 Å². The van der Waals surface area contributed by atoms with Gasteiger partial charge in [-0.3, -0.25) is 0 Å². The maximum Gasteiger partial charge on any atom is 0.339 e. The van der Waals surface area contributed by atoms with Crippen LogP contribution in [0, 0.1) is 0 Å². The number of carbonyl (C=O) groups is 1. The maximum atomic E-state index is 12.2. The molecule has 1 aliphatic rings. The Morgan fingerprint density at radius 1 is 1.05 bits per heavy atom. The molecule has 2 aromatic rings. The summed E-state index contributed by atoms with van der Waals surface area (Å²) in [6, 6.07) is 15.6. The summed E-state index contributed by atoms with van der Waals surface area (Å²) in [5.41, 5.74) is 3.74. The molecule has 2 nitrogen and oxygen atoms in total. The molecule has 1 aliphatic heterocycles. The molecule has 3 rings (SSSR count). The van der Waals surface area contributed by atoms with Crippen molar-refractivity contribution >= 4 is 12.0 Å². The molecule has 100 valence electrons. The second kappa shape index (κ2) is 4.97. The zero-order chi connectivity index (χ0) is 14.1. The molecular formula is C18H16O2. The zero-order valence-electron chi connectivity index (χ0n) is 11.4. The van der Waals surface area contributed by atoms with Crippen LogP contribution in [0.1, 0.15) is 46.0 Å². The number of rotatable bonds is 2. The summed E-state index contributed by atoms with van der Waals surface area (Å²) in [6.45, 7) is 5.93. The summed E-state index contributed by atoms with van der Waals surface area (Å²) in [6.07, 6.45) is 1.54. The minimum Gasteiger partial charge on any atom is -0.453 e. The van der Waals surface area contributed by atoms with Gasteiger partial charge in [-0.05, 0) is 17.2 Å². The van der Waals surface area contributed by atoms with Crippen molar-refractivity contribution in [3.05, 3.63) is 77.4 Å². The van der Waals surface area contributed by atoms with Crippen molar-refractivity contribution in [3.8, 4) is 0 Å². The number of benzene rings is 2. The SMILES string of the molecule is C=Cc1ccccc1C1OC(=O)c2ccccc2C1C. The van der Waals surface area contributed by atoms with Gasteiger partial charge in [0.1, 0.15) is 6.10 Å². The van der Waals surface area contributed by atoms with E-state index in [0.29, 0.717) is 5.56 Å². The van der Waals surface area contributed by atoms with E-state index in [0.717, 1.165) is 16.7 Å². The van der Waals surface area contributed by atoms with Crippen molar-refractivity contribution in [1.82, 2.24) is 0 Å². The van der Waals surface area contributed by atoms with Crippen molar-refractivity contribution in [2.45, 2.75) is 18.9 Å². The number of ether oxygens (including phenoxy) is 1. The Morgan fingerprint density at radius 3 is 2.45 bits per heavy atom. The van der Waals surface area contributed by atoms with E-state index in [2.05, 4.69) is 13.5 Å². The molecule has 2 unspecified atom stereocenters. The monoisotopic (exact) mass is 264 g/mol. The highest BCUT2D eigenvalue weighted by atomic mass is 16.5. The quantitative estimate of drug-likeness (QED) is 0.754. The fourth-order valence-electron chi connectivity index (χ4n) is 2.81. The van der Waals surface area contributed by atoms with Crippen LogP contribution in [0.25, 0.3) is 6.08 Å². The Balaban J connectivity index is 2.09. The highest BCUT2D eigenvalue weighted by Gasteiger charge is 2.34. The summed E-state index contributed by atoms with van der Waals surface area (Å²) >= 11 is 0. The Bertz CT molecular complexity index is 673. The van der Waals surface area contributed by atoms with Crippen LogP contribution in [-0.4, -0.2) is 5.97 Å². The molecule has 0 aliphatic carbocycles. The molecule has 1 heterocycles. The van der Waals surface area contributed by atoms with Gasteiger partial charge in [-0.15, -0.1) is 0 Å². The van der Waals surface area contributed by atoms with Crippen molar-refractivity contribution < 1.29 is 9.53 Å². The van der Waals surface area contributed by atoms with Crippen molar-refractivity contribution in [2.24, 2.45) is 0 Å². The predicted molar refractivity (Wildman–Crippen MR) is 79.5 cm³/mol. The minimum atomic E-state index is -0.258. The number of esters is 1. The third-order valence-corrected chi connectivity index (χ3v) is 3.88.